The van der Waals surface area contributed by atoms with Gasteiger partial charge in [-0.3, -0.25) is 9.69 Å². The fourth-order valence-electron chi connectivity index (χ4n) is 3.91. The molecule has 0 spiro atoms. The van der Waals surface area contributed by atoms with Crippen molar-refractivity contribution >= 4 is 21.6 Å². The van der Waals surface area contributed by atoms with E-state index in [1.807, 2.05) is 0 Å². The van der Waals surface area contributed by atoms with Crippen LogP contribution in [0, 0.1) is 0 Å². The number of hydrogen-bond donors (Lipinski definition) is 1. The van der Waals surface area contributed by atoms with Gasteiger partial charge >= 0.3 is 0 Å². The summed E-state index contributed by atoms with van der Waals surface area (Å²) in [7, 11) is 0. The number of nitrogens with zero attached hydrogens (tertiary/aromatic N) is 2. The molecule has 0 aromatic carbocycles. The van der Waals surface area contributed by atoms with Gasteiger partial charge in [0.15, 0.2) is 0 Å². The Morgan fingerprint density at radius 3 is 2.78 bits per heavy atom. The number of nitrogens with one attached hydrogen (secondary N) is 1. The van der Waals surface area contributed by atoms with Crippen LogP contribution in [0.3, 0.4) is 0 Å². The number of hydrogen-bond acceptors (Lipinski definition) is 5. The molecule has 3 heterocycles. The third kappa shape index (κ3) is 2.95. The summed E-state index contributed by atoms with van der Waals surface area (Å²) in [5, 5.41) is 0.845. The molecule has 2 atom stereocenters. The van der Waals surface area contributed by atoms with Crippen LogP contribution in [0.1, 0.15) is 43.0 Å². The molecule has 2 aromatic rings. The summed E-state index contributed by atoms with van der Waals surface area (Å²) < 4.78 is 5.77. The molecule has 0 saturated carbocycles. The van der Waals surface area contributed by atoms with Crippen molar-refractivity contribution in [3.63, 3.8) is 0 Å². The first-order valence-electron chi connectivity index (χ1n) is 8.51. The van der Waals surface area contributed by atoms with Crippen LogP contribution in [0.2, 0.25) is 0 Å². The maximum atomic E-state index is 12.6. The highest BCUT2D eigenvalue weighted by molar-refractivity contribution is 7.18. The lowest BCUT2D eigenvalue weighted by molar-refractivity contribution is -0.0710. The zero-order chi connectivity index (χ0) is 16.0. The van der Waals surface area contributed by atoms with E-state index in [4.69, 9.17) is 9.72 Å². The van der Waals surface area contributed by atoms with E-state index in [9.17, 15) is 4.79 Å². The lowest BCUT2D eigenvalue weighted by atomic mass is 9.97. The zero-order valence-electron chi connectivity index (χ0n) is 13.7. The van der Waals surface area contributed by atoms with E-state index in [2.05, 4.69) is 23.7 Å². The van der Waals surface area contributed by atoms with Crippen LogP contribution >= 0.6 is 11.3 Å². The van der Waals surface area contributed by atoms with Crippen LogP contribution in [0.4, 0.5) is 0 Å². The number of morpholine rings is 1. The molecule has 4 rings (SSSR count). The smallest absolute Gasteiger partial charge is 0.259 e. The van der Waals surface area contributed by atoms with Gasteiger partial charge in [0.05, 0.1) is 24.1 Å². The van der Waals surface area contributed by atoms with Crippen LogP contribution in [0.25, 0.3) is 10.2 Å². The molecule has 1 aliphatic heterocycles. The maximum absolute atomic E-state index is 12.6. The minimum Gasteiger partial charge on any atom is -0.373 e. The number of ether oxygens (including phenoxy) is 1. The monoisotopic (exact) mass is 333 g/mol. The van der Waals surface area contributed by atoms with Crippen LogP contribution in [-0.2, 0) is 24.1 Å². The van der Waals surface area contributed by atoms with E-state index < -0.39 is 0 Å². The first kappa shape index (κ1) is 15.3. The standard InChI is InChI=1S/C17H23N3O2S/c1-10-7-20(8-11(2)22-10)9-14-18-16(21)15-12-5-3-4-6-13(12)23-17(15)19-14/h10-11H,3-9H2,1-2H3,(H,18,19,21)/t10-,11+. The van der Waals surface area contributed by atoms with Crippen molar-refractivity contribution < 1.29 is 4.74 Å². The Bertz CT molecular complexity index is 772. The Kier molecular flexibility index (Phi) is 3.99. The summed E-state index contributed by atoms with van der Waals surface area (Å²) in [6, 6.07) is 0. The molecular weight excluding hydrogens is 310 g/mol. The van der Waals surface area contributed by atoms with Gasteiger partial charge in [0.1, 0.15) is 10.7 Å². The molecule has 0 unspecified atom stereocenters. The largest absolute Gasteiger partial charge is 0.373 e. The second-order valence-electron chi connectivity index (χ2n) is 6.86. The van der Waals surface area contributed by atoms with Gasteiger partial charge in [0.25, 0.3) is 5.56 Å². The van der Waals surface area contributed by atoms with E-state index in [0.717, 1.165) is 42.0 Å². The van der Waals surface area contributed by atoms with Gasteiger partial charge in [-0.25, -0.2) is 4.98 Å². The molecule has 1 fully saturated rings. The second-order valence-corrected chi connectivity index (χ2v) is 7.94. The number of aromatic nitrogens is 2. The summed E-state index contributed by atoms with van der Waals surface area (Å²) in [6.45, 7) is 6.64. The first-order chi connectivity index (χ1) is 11.1. The third-order valence-electron chi connectivity index (χ3n) is 4.74. The highest BCUT2D eigenvalue weighted by Crippen LogP contribution is 2.33. The number of aromatic amines is 1. The van der Waals surface area contributed by atoms with E-state index >= 15 is 0 Å². The van der Waals surface area contributed by atoms with Gasteiger partial charge < -0.3 is 9.72 Å². The lowest BCUT2D eigenvalue weighted by Gasteiger charge is -2.34. The molecule has 5 nitrogen and oxygen atoms in total. The molecule has 1 saturated heterocycles. The molecule has 1 aliphatic carbocycles. The van der Waals surface area contributed by atoms with E-state index in [1.54, 1.807) is 11.3 Å². The molecule has 0 amide bonds. The zero-order valence-corrected chi connectivity index (χ0v) is 14.5. The molecule has 2 aliphatic rings. The predicted molar refractivity (Wildman–Crippen MR) is 92.2 cm³/mol. The van der Waals surface area contributed by atoms with Crippen molar-refractivity contribution in [2.24, 2.45) is 0 Å². The Morgan fingerprint density at radius 2 is 2.00 bits per heavy atom. The molecule has 0 radical (unpaired) electrons. The van der Waals surface area contributed by atoms with Gasteiger partial charge in [-0.2, -0.15) is 0 Å². The van der Waals surface area contributed by atoms with Crippen molar-refractivity contribution in [3.05, 3.63) is 26.6 Å². The van der Waals surface area contributed by atoms with Crippen molar-refractivity contribution in [1.29, 1.82) is 0 Å². The highest BCUT2D eigenvalue weighted by atomic mass is 32.1. The number of thiophene rings is 1. The minimum atomic E-state index is 0.0405. The molecule has 1 N–H and O–H groups in total. The second kappa shape index (κ2) is 6.00. The number of fused-ring (bicyclic) bond motifs is 3. The average Bonchev–Trinajstić information content (AvgIpc) is 2.84. The maximum Gasteiger partial charge on any atom is 0.259 e. The highest BCUT2D eigenvalue weighted by Gasteiger charge is 2.24. The van der Waals surface area contributed by atoms with Crippen LogP contribution < -0.4 is 5.56 Å². The SMILES string of the molecule is C[C@@H]1CN(Cc2nc3sc4c(c3c(=O)[nH]2)CCCC4)C[C@H](C)O1. The molecular formula is C17H23N3O2S. The fourth-order valence-corrected chi connectivity index (χ4v) is 5.19. The first-order valence-corrected chi connectivity index (χ1v) is 9.33. The molecule has 6 heteroatoms. The van der Waals surface area contributed by atoms with Crippen molar-refractivity contribution in [1.82, 2.24) is 14.9 Å². The molecule has 2 aromatic heterocycles. The van der Waals surface area contributed by atoms with Gasteiger partial charge in [-0.15, -0.1) is 11.3 Å². The summed E-state index contributed by atoms with van der Waals surface area (Å²) in [6.07, 6.45) is 4.99. The lowest BCUT2D eigenvalue weighted by Crippen LogP contribution is -2.45. The van der Waals surface area contributed by atoms with Crippen LogP contribution in [0.15, 0.2) is 4.79 Å². The molecule has 124 valence electrons. The third-order valence-corrected chi connectivity index (χ3v) is 5.93. The number of aryl methyl sites for hydroxylation is 2. The quantitative estimate of drug-likeness (QED) is 0.917. The Balaban J connectivity index is 1.65. The predicted octanol–water partition coefficient (Wildman–Crippen LogP) is 2.47. The van der Waals surface area contributed by atoms with E-state index in [0.29, 0.717) is 6.54 Å². The fraction of sp³-hybridized carbons (Fsp3) is 0.647. The average molecular weight is 333 g/mol. The number of rotatable bonds is 2. The normalized spacial score (nSPS) is 25.7. The van der Waals surface area contributed by atoms with Gasteiger partial charge in [0, 0.05) is 18.0 Å². The number of H-pyrrole nitrogens is 1. The molecule has 23 heavy (non-hydrogen) atoms. The summed E-state index contributed by atoms with van der Waals surface area (Å²) in [5.74, 6) is 0.780. The Labute approximate surface area is 139 Å². The van der Waals surface area contributed by atoms with Gasteiger partial charge in [-0.1, -0.05) is 0 Å². The van der Waals surface area contributed by atoms with Crippen molar-refractivity contribution in [3.8, 4) is 0 Å². The summed E-state index contributed by atoms with van der Waals surface area (Å²) in [4.78, 5) is 25.0. The van der Waals surface area contributed by atoms with E-state index in [-0.39, 0.29) is 17.8 Å². The summed E-state index contributed by atoms with van der Waals surface area (Å²) >= 11 is 1.72. The van der Waals surface area contributed by atoms with Crippen LogP contribution in [-0.4, -0.2) is 40.2 Å². The Morgan fingerprint density at radius 1 is 1.26 bits per heavy atom. The van der Waals surface area contributed by atoms with Crippen molar-refractivity contribution in [2.45, 2.75) is 58.3 Å². The molecule has 0 bridgehead atoms. The Hall–Kier alpha value is -1.24. The summed E-state index contributed by atoms with van der Waals surface area (Å²) in [5.41, 5.74) is 1.30. The minimum absolute atomic E-state index is 0.0405. The topological polar surface area (TPSA) is 58.2 Å². The van der Waals surface area contributed by atoms with Gasteiger partial charge in [-0.05, 0) is 45.1 Å². The van der Waals surface area contributed by atoms with E-state index in [1.165, 1.54) is 23.3 Å². The van der Waals surface area contributed by atoms with Crippen LogP contribution in [0.5, 0.6) is 0 Å². The van der Waals surface area contributed by atoms with Crippen molar-refractivity contribution in [2.75, 3.05) is 13.1 Å². The van der Waals surface area contributed by atoms with Gasteiger partial charge in [0.2, 0.25) is 0 Å².